The van der Waals surface area contributed by atoms with Crippen molar-refractivity contribution in [2.45, 2.75) is 32.2 Å². The summed E-state index contributed by atoms with van der Waals surface area (Å²) in [5.74, 6) is -1.19. The fourth-order valence-electron chi connectivity index (χ4n) is 1.70. The third-order valence-electron chi connectivity index (χ3n) is 2.74. The first-order valence-corrected chi connectivity index (χ1v) is 7.12. The second-order valence-corrected chi connectivity index (χ2v) is 6.18. The smallest absolute Gasteiger partial charge is 0.303 e. The molecule has 0 aliphatic rings. The molecule has 0 atom stereocenters. The number of carboxylic acids is 1. The number of benzene rings is 1. The summed E-state index contributed by atoms with van der Waals surface area (Å²) in [6.45, 7) is 3.55. The molecule has 0 fully saturated rings. The van der Waals surface area contributed by atoms with Gasteiger partial charge in [-0.3, -0.25) is 9.59 Å². The molecule has 0 unspecified atom stereocenters. The molecular weight excluding hydrogens is 313 g/mol. The third-order valence-corrected chi connectivity index (χ3v) is 3.17. The molecule has 6 heteroatoms. The number of hydrogen-bond acceptors (Lipinski definition) is 2. The highest BCUT2D eigenvalue weighted by Crippen LogP contribution is 2.20. The Balaban J connectivity index is 2.63. The van der Waals surface area contributed by atoms with Gasteiger partial charge < -0.3 is 10.4 Å². The molecule has 0 heterocycles. The lowest BCUT2D eigenvalue weighted by Gasteiger charge is -2.24. The highest BCUT2D eigenvalue weighted by Gasteiger charge is 2.20. The van der Waals surface area contributed by atoms with E-state index in [2.05, 4.69) is 5.32 Å². The van der Waals surface area contributed by atoms with Crippen molar-refractivity contribution >= 4 is 41.2 Å². The van der Waals surface area contributed by atoms with Gasteiger partial charge in [-0.1, -0.05) is 23.2 Å². The predicted octanol–water partition coefficient (Wildman–Crippen LogP) is 3.77. The maximum Gasteiger partial charge on any atom is 0.303 e. The second kappa shape index (κ2) is 7.48. The van der Waals surface area contributed by atoms with Crippen LogP contribution in [0.5, 0.6) is 0 Å². The molecule has 21 heavy (non-hydrogen) atoms. The number of aliphatic carboxylic acids is 1. The predicted molar refractivity (Wildman–Crippen MR) is 84.6 cm³/mol. The number of halogens is 2. The van der Waals surface area contributed by atoms with E-state index in [0.717, 1.165) is 0 Å². The minimum absolute atomic E-state index is 0.000888. The van der Waals surface area contributed by atoms with Gasteiger partial charge in [-0.15, -0.1) is 0 Å². The molecule has 0 bridgehead atoms. The molecule has 4 nitrogen and oxygen atoms in total. The van der Waals surface area contributed by atoms with E-state index in [-0.39, 0.29) is 12.3 Å². The van der Waals surface area contributed by atoms with Crippen molar-refractivity contribution in [1.82, 2.24) is 5.32 Å². The molecule has 0 saturated heterocycles. The molecule has 1 rings (SSSR count). The summed E-state index contributed by atoms with van der Waals surface area (Å²) >= 11 is 11.7. The molecule has 1 amide bonds. The topological polar surface area (TPSA) is 66.4 Å². The lowest BCUT2D eigenvalue weighted by molar-refractivity contribution is -0.137. The average molecular weight is 330 g/mol. The Morgan fingerprint density at radius 2 is 1.81 bits per heavy atom. The first-order valence-electron chi connectivity index (χ1n) is 6.36. The molecule has 114 valence electrons. The van der Waals surface area contributed by atoms with Gasteiger partial charge in [0.2, 0.25) is 5.91 Å². The number of rotatable bonds is 6. The molecule has 2 N–H and O–H groups in total. The van der Waals surface area contributed by atoms with Gasteiger partial charge in [0.05, 0.1) is 0 Å². The molecule has 0 radical (unpaired) electrons. The van der Waals surface area contributed by atoms with Gasteiger partial charge in [0.15, 0.2) is 0 Å². The van der Waals surface area contributed by atoms with Crippen LogP contribution < -0.4 is 5.32 Å². The fourth-order valence-corrected chi connectivity index (χ4v) is 2.24. The monoisotopic (exact) mass is 329 g/mol. The van der Waals surface area contributed by atoms with Gasteiger partial charge in [-0.2, -0.15) is 0 Å². The molecule has 0 spiro atoms. The summed E-state index contributed by atoms with van der Waals surface area (Å²) < 4.78 is 0. The van der Waals surface area contributed by atoms with Crippen molar-refractivity contribution in [3.8, 4) is 0 Å². The number of nitrogens with one attached hydrogen (secondary N) is 1. The summed E-state index contributed by atoms with van der Waals surface area (Å²) in [7, 11) is 0. The summed E-state index contributed by atoms with van der Waals surface area (Å²) in [5, 5.41) is 12.4. The Morgan fingerprint density at radius 3 is 2.33 bits per heavy atom. The first-order chi connectivity index (χ1) is 9.68. The van der Waals surface area contributed by atoms with Crippen LogP contribution in [0.1, 0.15) is 32.3 Å². The number of amides is 1. The van der Waals surface area contributed by atoms with Crippen molar-refractivity contribution in [3.63, 3.8) is 0 Å². The van der Waals surface area contributed by atoms with Crippen LogP contribution >= 0.6 is 23.2 Å². The van der Waals surface area contributed by atoms with Crippen LogP contribution in [0.3, 0.4) is 0 Å². The van der Waals surface area contributed by atoms with Crippen LogP contribution in [0.15, 0.2) is 24.3 Å². The Labute approximate surface area is 133 Å². The zero-order valence-corrected chi connectivity index (χ0v) is 13.3. The van der Waals surface area contributed by atoms with Crippen molar-refractivity contribution in [2.75, 3.05) is 0 Å². The zero-order chi connectivity index (χ0) is 16.0. The fraction of sp³-hybridized carbons (Fsp3) is 0.333. The van der Waals surface area contributed by atoms with Gasteiger partial charge in [0.1, 0.15) is 0 Å². The van der Waals surface area contributed by atoms with Crippen LogP contribution in [-0.2, 0) is 9.59 Å². The van der Waals surface area contributed by atoms with E-state index in [9.17, 15) is 9.59 Å². The number of carbonyl (C=O) groups excluding carboxylic acids is 1. The van der Waals surface area contributed by atoms with E-state index in [1.807, 2.05) is 0 Å². The van der Waals surface area contributed by atoms with Gasteiger partial charge in [0, 0.05) is 28.1 Å². The van der Waals surface area contributed by atoms with E-state index in [4.69, 9.17) is 28.3 Å². The van der Waals surface area contributed by atoms with E-state index >= 15 is 0 Å². The van der Waals surface area contributed by atoms with Crippen molar-refractivity contribution in [3.05, 3.63) is 39.9 Å². The average Bonchev–Trinajstić information content (AvgIpc) is 2.32. The van der Waals surface area contributed by atoms with Crippen molar-refractivity contribution < 1.29 is 14.7 Å². The van der Waals surface area contributed by atoms with Crippen LogP contribution in [0.4, 0.5) is 0 Å². The Kier molecular flexibility index (Phi) is 6.24. The summed E-state index contributed by atoms with van der Waals surface area (Å²) in [6.07, 6.45) is 3.32. The van der Waals surface area contributed by atoms with Crippen LogP contribution in [0.2, 0.25) is 10.0 Å². The minimum atomic E-state index is -0.888. The first kappa shape index (κ1) is 17.5. The number of carbonyl (C=O) groups is 2. The van der Waals surface area contributed by atoms with Crippen LogP contribution in [0.25, 0.3) is 6.08 Å². The number of hydrogen-bond donors (Lipinski definition) is 2. The highest BCUT2D eigenvalue weighted by atomic mass is 35.5. The highest BCUT2D eigenvalue weighted by molar-refractivity contribution is 6.34. The lowest BCUT2D eigenvalue weighted by atomic mass is 9.98. The Hall–Kier alpha value is -1.52. The zero-order valence-electron chi connectivity index (χ0n) is 11.8. The quantitative estimate of drug-likeness (QED) is 0.781. The molecule has 0 aromatic heterocycles. The molecule has 0 aliphatic heterocycles. The molecule has 0 saturated carbocycles. The Bertz CT molecular complexity index is 548. The second-order valence-electron chi connectivity index (χ2n) is 5.30. The summed E-state index contributed by atoms with van der Waals surface area (Å²) in [6, 6.07) is 4.98. The molecular formula is C15H17Cl2NO3. The maximum atomic E-state index is 11.8. The SMILES string of the molecule is CC(C)(CCC(=O)O)NC(=O)C=Cc1cc(Cl)cc(Cl)c1. The molecule has 1 aromatic rings. The standard InChI is InChI=1S/C15H17Cl2NO3/c1-15(2,6-5-14(20)21)18-13(19)4-3-10-7-11(16)9-12(17)8-10/h3-4,7-9H,5-6H2,1-2H3,(H,18,19)(H,20,21). The summed E-state index contributed by atoms with van der Waals surface area (Å²) in [4.78, 5) is 22.4. The van der Waals surface area contributed by atoms with Crippen LogP contribution in [0, 0.1) is 0 Å². The maximum absolute atomic E-state index is 11.8. The molecule has 0 aliphatic carbocycles. The van der Waals surface area contributed by atoms with Crippen LogP contribution in [-0.4, -0.2) is 22.5 Å². The van der Waals surface area contributed by atoms with Gasteiger partial charge in [-0.25, -0.2) is 0 Å². The lowest BCUT2D eigenvalue weighted by Crippen LogP contribution is -2.42. The van der Waals surface area contributed by atoms with Crippen molar-refractivity contribution in [1.29, 1.82) is 0 Å². The summed E-state index contributed by atoms with van der Waals surface area (Å²) in [5.41, 5.74) is 0.122. The normalized spacial score (nSPS) is 11.6. The van der Waals surface area contributed by atoms with Gasteiger partial charge in [0.25, 0.3) is 0 Å². The third kappa shape index (κ3) is 7.16. The molecule has 1 aromatic carbocycles. The van der Waals surface area contributed by atoms with E-state index < -0.39 is 11.5 Å². The van der Waals surface area contributed by atoms with E-state index in [0.29, 0.717) is 22.0 Å². The van der Waals surface area contributed by atoms with Gasteiger partial charge in [-0.05, 0) is 50.1 Å². The van der Waals surface area contributed by atoms with E-state index in [1.54, 1.807) is 38.1 Å². The number of carboxylic acid groups (broad SMARTS) is 1. The largest absolute Gasteiger partial charge is 0.481 e. The van der Waals surface area contributed by atoms with Gasteiger partial charge >= 0.3 is 5.97 Å². The van der Waals surface area contributed by atoms with E-state index in [1.165, 1.54) is 6.08 Å². The Morgan fingerprint density at radius 1 is 1.24 bits per heavy atom. The minimum Gasteiger partial charge on any atom is -0.481 e. The van der Waals surface area contributed by atoms with Crippen molar-refractivity contribution in [2.24, 2.45) is 0 Å².